The fraction of sp³-hybridized carbons (Fsp3) is 1.00. The lowest BCUT2D eigenvalue weighted by Gasteiger charge is -2.34. The zero-order chi connectivity index (χ0) is 11.8. The third kappa shape index (κ3) is 4.40. The molecule has 3 heteroatoms. The molecule has 16 heavy (non-hydrogen) atoms. The first-order valence-electron chi connectivity index (χ1n) is 6.67. The van der Waals surface area contributed by atoms with Crippen LogP contribution in [0, 0.1) is 5.92 Å². The molecule has 0 aromatic rings. The van der Waals surface area contributed by atoms with Crippen molar-refractivity contribution in [3.05, 3.63) is 0 Å². The van der Waals surface area contributed by atoms with Crippen LogP contribution < -0.4 is 5.32 Å². The largest absolute Gasteiger partial charge is 0.396 e. The minimum absolute atomic E-state index is 0.241. The van der Waals surface area contributed by atoms with Crippen LogP contribution in [0.15, 0.2) is 0 Å². The molecule has 3 nitrogen and oxygen atoms in total. The predicted molar refractivity (Wildman–Crippen MR) is 66.5 cm³/mol. The highest BCUT2D eigenvalue weighted by Crippen LogP contribution is 2.27. The standard InChI is InChI=1S/C13H27NO2/c1-3-11-6-4-5-7-13(11)14-12(8-9-15)10-16-2/h11-15H,3-10H2,1-2H3. The van der Waals surface area contributed by atoms with E-state index in [1.807, 2.05) is 0 Å². The van der Waals surface area contributed by atoms with Crippen molar-refractivity contribution in [3.8, 4) is 0 Å². The molecule has 1 fully saturated rings. The lowest BCUT2D eigenvalue weighted by atomic mass is 9.82. The molecular formula is C13H27NO2. The topological polar surface area (TPSA) is 41.5 Å². The smallest absolute Gasteiger partial charge is 0.0616 e. The van der Waals surface area contributed by atoms with Gasteiger partial charge in [-0.3, -0.25) is 0 Å². The van der Waals surface area contributed by atoms with Gasteiger partial charge in [0.05, 0.1) is 6.61 Å². The number of hydrogen-bond acceptors (Lipinski definition) is 3. The molecule has 0 aliphatic heterocycles. The zero-order valence-electron chi connectivity index (χ0n) is 10.7. The minimum Gasteiger partial charge on any atom is -0.396 e. The van der Waals surface area contributed by atoms with E-state index >= 15 is 0 Å². The van der Waals surface area contributed by atoms with E-state index in [0.29, 0.717) is 18.7 Å². The van der Waals surface area contributed by atoms with E-state index in [1.165, 1.54) is 32.1 Å². The van der Waals surface area contributed by atoms with Gasteiger partial charge in [0.2, 0.25) is 0 Å². The van der Waals surface area contributed by atoms with Crippen molar-refractivity contribution in [3.63, 3.8) is 0 Å². The second kappa shape index (κ2) is 8.04. The molecule has 0 aromatic heterocycles. The number of nitrogens with one attached hydrogen (secondary N) is 1. The summed E-state index contributed by atoms with van der Waals surface area (Å²) in [5.74, 6) is 0.812. The molecule has 96 valence electrons. The Morgan fingerprint density at radius 2 is 2.12 bits per heavy atom. The van der Waals surface area contributed by atoms with Gasteiger partial charge in [0.1, 0.15) is 0 Å². The maximum Gasteiger partial charge on any atom is 0.0616 e. The summed E-state index contributed by atoms with van der Waals surface area (Å²) in [6.45, 7) is 3.22. The Bertz CT molecular complexity index is 169. The molecule has 0 spiro atoms. The number of aliphatic hydroxyl groups excluding tert-OH is 1. The number of rotatable bonds is 7. The summed E-state index contributed by atoms with van der Waals surface area (Å²) >= 11 is 0. The van der Waals surface area contributed by atoms with Gasteiger partial charge in [-0.05, 0) is 25.2 Å². The molecule has 0 bridgehead atoms. The number of ether oxygens (including phenoxy) is 1. The van der Waals surface area contributed by atoms with Crippen molar-refractivity contribution < 1.29 is 9.84 Å². The van der Waals surface area contributed by atoms with E-state index in [9.17, 15) is 0 Å². The highest BCUT2D eigenvalue weighted by Gasteiger charge is 2.25. The molecule has 0 aromatic carbocycles. The lowest BCUT2D eigenvalue weighted by molar-refractivity contribution is 0.127. The Morgan fingerprint density at radius 1 is 1.38 bits per heavy atom. The molecule has 3 atom stereocenters. The molecule has 1 aliphatic carbocycles. The molecule has 0 saturated heterocycles. The molecule has 1 saturated carbocycles. The number of hydrogen-bond donors (Lipinski definition) is 2. The Balaban J connectivity index is 2.40. The van der Waals surface area contributed by atoms with Crippen LogP contribution >= 0.6 is 0 Å². The Labute approximate surface area is 99.6 Å². The van der Waals surface area contributed by atoms with Gasteiger partial charge >= 0.3 is 0 Å². The van der Waals surface area contributed by atoms with Gasteiger partial charge in [-0.1, -0.05) is 26.2 Å². The van der Waals surface area contributed by atoms with Gasteiger partial charge in [-0.15, -0.1) is 0 Å². The second-order valence-electron chi connectivity index (χ2n) is 4.89. The van der Waals surface area contributed by atoms with Crippen LogP contribution in [0.1, 0.15) is 45.4 Å². The summed E-state index contributed by atoms with van der Waals surface area (Å²) < 4.78 is 5.19. The molecule has 1 aliphatic rings. The van der Waals surface area contributed by atoms with Crippen LogP contribution in [0.25, 0.3) is 0 Å². The van der Waals surface area contributed by atoms with E-state index in [2.05, 4.69) is 12.2 Å². The van der Waals surface area contributed by atoms with Crippen LogP contribution in [-0.2, 0) is 4.74 Å². The third-order valence-electron chi connectivity index (χ3n) is 3.73. The Kier molecular flexibility index (Phi) is 7.01. The molecule has 0 radical (unpaired) electrons. The van der Waals surface area contributed by atoms with Crippen LogP contribution in [0.5, 0.6) is 0 Å². The van der Waals surface area contributed by atoms with Gasteiger partial charge in [-0.2, -0.15) is 0 Å². The molecule has 0 amide bonds. The summed E-state index contributed by atoms with van der Waals surface area (Å²) in [5.41, 5.74) is 0. The molecule has 1 rings (SSSR count). The summed E-state index contributed by atoms with van der Waals surface area (Å²) in [6, 6.07) is 0.942. The fourth-order valence-electron chi connectivity index (χ4n) is 2.79. The van der Waals surface area contributed by atoms with Crippen molar-refractivity contribution >= 4 is 0 Å². The van der Waals surface area contributed by atoms with Gasteiger partial charge in [0, 0.05) is 25.8 Å². The van der Waals surface area contributed by atoms with E-state index in [4.69, 9.17) is 9.84 Å². The quantitative estimate of drug-likeness (QED) is 0.701. The lowest BCUT2D eigenvalue weighted by Crippen LogP contribution is -2.46. The first kappa shape index (κ1) is 13.9. The Morgan fingerprint density at radius 3 is 2.75 bits per heavy atom. The molecular weight excluding hydrogens is 202 g/mol. The Hall–Kier alpha value is -0.120. The van der Waals surface area contributed by atoms with E-state index in [-0.39, 0.29) is 6.61 Å². The highest BCUT2D eigenvalue weighted by molar-refractivity contribution is 4.83. The second-order valence-corrected chi connectivity index (χ2v) is 4.89. The average Bonchev–Trinajstić information content (AvgIpc) is 2.30. The summed E-state index contributed by atoms with van der Waals surface area (Å²) in [6.07, 6.45) is 7.41. The van der Waals surface area contributed by atoms with Crippen molar-refractivity contribution in [2.45, 2.75) is 57.5 Å². The van der Waals surface area contributed by atoms with Gasteiger partial charge in [0.25, 0.3) is 0 Å². The highest BCUT2D eigenvalue weighted by atomic mass is 16.5. The van der Waals surface area contributed by atoms with Crippen molar-refractivity contribution in [2.75, 3.05) is 20.3 Å². The van der Waals surface area contributed by atoms with Crippen LogP contribution in [0.3, 0.4) is 0 Å². The monoisotopic (exact) mass is 229 g/mol. The normalized spacial score (nSPS) is 27.9. The van der Waals surface area contributed by atoms with E-state index in [1.54, 1.807) is 7.11 Å². The molecule has 3 unspecified atom stereocenters. The number of aliphatic hydroxyl groups is 1. The van der Waals surface area contributed by atoms with E-state index in [0.717, 1.165) is 12.3 Å². The maximum atomic E-state index is 9.02. The van der Waals surface area contributed by atoms with Gasteiger partial charge in [0.15, 0.2) is 0 Å². The molecule has 2 N–H and O–H groups in total. The summed E-state index contributed by atoms with van der Waals surface area (Å²) in [4.78, 5) is 0. The first-order valence-corrected chi connectivity index (χ1v) is 6.67. The van der Waals surface area contributed by atoms with Gasteiger partial charge < -0.3 is 15.2 Å². The van der Waals surface area contributed by atoms with Gasteiger partial charge in [-0.25, -0.2) is 0 Å². The van der Waals surface area contributed by atoms with Crippen molar-refractivity contribution in [1.29, 1.82) is 0 Å². The van der Waals surface area contributed by atoms with Crippen molar-refractivity contribution in [2.24, 2.45) is 5.92 Å². The summed E-state index contributed by atoms with van der Waals surface area (Å²) in [7, 11) is 1.73. The minimum atomic E-state index is 0.241. The first-order chi connectivity index (χ1) is 7.81. The summed E-state index contributed by atoms with van der Waals surface area (Å²) in [5, 5.41) is 12.7. The predicted octanol–water partition coefficient (Wildman–Crippen LogP) is 1.94. The third-order valence-corrected chi connectivity index (χ3v) is 3.73. The van der Waals surface area contributed by atoms with E-state index < -0.39 is 0 Å². The van der Waals surface area contributed by atoms with Crippen molar-refractivity contribution in [1.82, 2.24) is 5.32 Å². The van der Waals surface area contributed by atoms with Crippen LogP contribution in [0.2, 0.25) is 0 Å². The SMILES string of the molecule is CCC1CCCCC1NC(CCO)COC. The van der Waals surface area contributed by atoms with Crippen LogP contribution in [0.4, 0.5) is 0 Å². The maximum absolute atomic E-state index is 9.02. The average molecular weight is 229 g/mol. The fourth-order valence-corrected chi connectivity index (χ4v) is 2.79. The number of methoxy groups -OCH3 is 1. The molecule has 0 heterocycles. The zero-order valence-corrected chi connectivity index (χ0v) is 10.7. The van der Waals surface area contributed by atoms with Crippen LogP contribution in [-0.4, -0.2) is 37.5 Å².